The number of rotatable bonds is 12. The molecule has 0 spiro atoms. The normalized spacial score (nSPS) is 11.5. The van der Waals surface area contributed by atoms with Crippen LogP contribution in [0.15, 0.2) is 443 Å². The molecule has 0 aliphatic rings. The van der Waals surface area contributed by atoms with Gasteiger partial charge in [-0.15, -0.1) is 0 Å². The molecule has 0 aliphatic heterocycles. The number of aryl methyl sites for hydroxylation is 1. The second kappa shape index (κ2) is 29.0. The maximum atomic E-state index is 2.45. The van der Waals surface area contributed by atoms with Gasteiger partial charge in [0.2, 0.25) is 0 Å². The maximum absolute atomic E-state index is 2.45. The standard InChI is InChI=1S/C62H41N.C51H35N/c1-4-18-42(19-5-1)49-24-10-12-26-51(49)46-34-38-59-57(40-46)58-41-47(52-27-13-11-25-50(52)43-20-6-2-7-21-43)35-39-60(58)63(59)48-36-32-45(33-37-48)62-55-30-16-14-28-53(55)61(44-22-8-3-9-23-44)54-29-15-17-31-56(54)62;1-34-24-30-45-47(32-34)51(36-16-6-3-7-17-36)44-22-11-10-21-43(44)50(45)37-25-28-39(29-26-37)52-48-23-13-12-20-42(48)46-33-38(27-31-49(46)52)41-19-9-8-18-40(41)35-14-4-2-5-15-35/h1-41H;2-33H,1H3. The van der Waals surface area contributed by atoms with Crippen molar-refractivity contribution >= 4 is 86.7 Å². The molecule has 115 heavy (non-hydrogen) atoms. The summed E-state index contributed by atoms with van der Waals surface area (Å²) in [4.78, 5) is 0. The minimum atomic E-state index is 1.13. The van der Waals surface area contributed by atoms with Crippen LogP contribution in [0.3, 0.4) is 0 Å². The smallest absolute Gasteiger partial charge is 0.0541 e. The van der Waals surface area contributed by atoms with Crippen LogP contribution in [-0.2, 0) is 0 Å². The number of benzene rings is 20. The predicted molar refractivity (Wildman–Crippen MR) is 491 cm³/mol. The zero-order valence-corrected chi connectivity index (χ0v) is 63.5. The van der Waals surface area contributed by atoms with Gasteiger partial charge >= 0.3 is 0 Å². The summed E-state index contributed by atoms with van der Waals surface area (Å²) in [6.45, 7) is 2.19. The Morgan fingerprint density at radius 1 is 0.139 bits per heavy atom. The molecule has 0 fully saturated rings. The van der Waals surface area contributed by atoms with Crippen LogP contribution in [0, 0.1) is 6.92 Å². The maximum Gasteiger partial charge on any atom is 0.0541 e. The first-order chi connectivity index (χ1) is 57.0. The van der Waals surface area contributed by atoms with Gasteiger partial charge in [0.15, 0.2) is 0 Å². The Labute approximate surface area is 669 Å². The van der Waals surface area contributed by atoms with Crippen LogP contribution in [0.25, 0.3) is 209 Å². The summed E-state index contributed by atoms with van der Waals surface area (Å²) in [6.07, 6.45) is 0. The highest BCUT2D eigenvalue weighted by atomic mass is 15.0. The molecule has 0 saturated heterocycles. The van der Waals surface area contributed by atoms with E-state index in [1.54, 1.807) is 0 Å². The van der Waals surface area contributed by atoms with Gasteiger partial charge in [-0.3, -0.25) is 0 Å². The van der Waals surface area contributed by atoms with Crippen LogP contribution in [0.2, 0.25) is 0 Å². The molecule has 0 unspecified atom stereocenters. The molecule has 2 heteroatoms. The van der Waals surface area contributed by atoms with Crippen molar-refractivity contribution < 1.29 is 0 Å². The molecule has 0 atom stereocenters. The molecule has 20 aromatic carbocycles. The lowest BCUT2D eigenvalue weighted by Crippen LogP contribution is -1.95. The molecule has 2 heterocycles. The van der Waals surface area contributed by atoms with E-state index in [2.05, 4.69) is 459 Å². The lowest BCUT2D eigenvalue weighted by atomic mass is 9.85. The molecule has 2 nitrogen and oxygen atoms in total. The van der Waals surface area contributed by atoms with Gasteiger partial charge in [0.05, 0.1) is 22.1 Å². The number of nitrogens with zero attached hydrogens (tertiary/aromatic N) is 2. The summed E-state index contributed by atoms with van der Waals surface area (Å²) in [5.74, 6) is 0. The average Bonchev–Trinajstić information content (AvgIpc) is 1.49. The first-order valence-electron chi connectivity index (χ1n) is 39.8. The third-order valence-corrected chi connectivity index (χ3v) is 23.5. The largest absolute Gasteiger partial charge is 0.309 e. The summed E-state index contributed by atoms with van der Waals surface area (Å²) in [5, 5.41) is 15.1. The predicted octanol–water partition coefficient (Wildman–Crippen LogP) is 31.2. The van der Waals surface area contributed by atoms with E-state index in [9.17, 15) is 0 Å². The first kappa shape index (κ1) is 68.1. The quantitative estimate of drug-likeness (QED) is 0.108. The Bertz CT molecular complexity index is 7270. The molecule has 0 N–H and O–H groups in total. The molecular weight excluding hydrogens is 1390 g/mol. The van der Waals surface area contributed by atoms with Gasteiger partial charge in [-0.05, 0) is 228 Å². The topological polar surface area (TPSA) is 9.86 Å². The van der Waals surface area contributed by atoms with Gasteiger partial charge in [-0.1, -0.05) is 382 Å². The Morgan fingerprint density at radius 2 is 0.365 bits per heavy atom. The molecular formula is C113H76N2. The fourth-order valence-electron chi connectivity index (χ4n) is 18.3. The molecule has 538 valence electrons. The van der Waals surface area contributed by atoms with E-state index in [1.807, 2.05) is 0 Å². The molecule has 0 bridgehead atoms. The number of aromatic nitrogens is 2. The summed E-state index contributed by atoms with van der Waals surface area (Å²) >= 11 is 0. The average molecular weight is 1460 g/mol. The molecule has 22 rings (SSSR count). The highest BCUT2D eigenvalue weighted by Gasteiger charge is 2.23. The van der Waals surface area contributed by atoms with Crippen LogP contribution in [0.5, 0.6) is 0 Å². The summed E-state index contributed by atoms with van der Waals surface area (Å²) in [6, 6.07) is 162. The molecule has 0 aliphatic carbocycles. The van der Waals surface area contributed by atoms with Gasteiger partial charge in [0.1, 0.15) is 0 Å². The van der Waals surface area contributed by atoms with Crippen LogP contribution in [0.1, 0.15) is 5.56 Å². The minimum Gasteiger partial charge on any atom is -0.309 e. The van der Waals surface area contributed by atoms with E-state index >= 15 is 0 Å². The van der Waals surface area contributed by atoms with Crippen molar-refractivity contribution in [2.75, 3.05) is 0 Å². The number of para-hydroxylation sites is 1. The fraction of sp³-hybridized carbons (Fsp3) is 0.00885. The van der Waals surface area contributed by atoms with E-state index in [0.29, 0.717) is 0 Å². The van der Waals surface area contributed by atoms with Crippen LogP contribution < -0.4 is 0 Å². The molecule has 0 amide bonds. The molecule has 22 aromatic rings. The van der Waals surface area contributed by atoms with Gasteiger partial charge in [-0.2, -0.15) is 0 Å². The van der Waals surface area contributed by atoms with Gasteiger partial charge < -0.3 is 9.13 Å². The number of hydrogen-bond acceptors (Lipinski definition) is 0. The second-order valence-electron chi connectivity index (χ2n) is 30.1. The van der Waals surface area contributed by atoms with Crippen LogP contribution in [0.4, 0.5) is 0 Å². The van der Waals surface area contributed by atoms with E-state index < -0.39 is 0 Å². The van der Waals surface area contributed by atoms with Crippen molar-refractivity contribution in [3.63, 3.8) is 0 Å². The number of hydrogen-bond donors (Lipinski definition) is 0. The highest BCUT2D eigenvalue weighted by molar-refractivity contribution is 6.23. The van der Waals surface area contributed by atoms with Crippen molar-refractivity contribution in [3.8, 4) is 123 Å². The van der Waals surface area contributed by atoms with Crippen LogP contribution in [-0.4, -0.2) is 9.13 Å². The lowest BCUT2D eigenvalue weighted by molar-refractivity contribution is 1.18. The molecule has 0 saturated carbocycles. The SMILES string of the molecule is Cc1ccc2c(-c3ccc(-n4c5ccccc5c5cc(-c6ccccc6-c6ccccc6)ccc54)cc3)c3ccccc3c(-c3ccccc3)c2c1.c1ccc(-c2ccccc2-c2ccc3c(c2)c2cc(-c4ccccc4-c4ccccc4)ccc2n3-c2ccc(-c3c4ccccc4c(-c4ccccc4)c4ccccc34)cc2)cc1. The van der Waals surface area contributed by atoms with Gasteiger partial charge in [0.25, 0.3) is 0 Å². The van der Waals surface area contributed by atoms with Crippen molar-refractivity contribution in [1.82, 2.24) is 9.13 Å². The second-order valence-corrected chi connectivity index (χ2v) is 30.1. The lowest BCUT2D eigenvalue weighted by Gasteiger charge is -2.18. The third kappa shape index (κ3) is 12.1. The first-order valence-corrected chi connectivity index (χ1v) is 39.8. The number of fused-ring (bicyclic) bond motifs is 10. The zero-order chi connectivity index (χ0) is 76.3. The van der Waals surface area contributed by atoms with Crippen molar-refractivity contribution in [2.24, 2.45) is 0 Å². The van der Waals surface area contributed by atoms with Gasteiger partial charge in [-0.25, -0.2) is 0 Å². The van der Waals surface area contributed by atoms with Crippen molar-refractivity contribution in [2.45, 2.75) is 6.92 Å². The van der Waals surface area contributed by atoms with Crippen molar-refractivity contribution in [1.29, 1.82) is 0 Å². The molecule has 2 aromatic heterocycles. The van der Waals surface area contributed by atoms with E-state index in [4.69, 9.17) is 0 Å². The molecule has 0 radical (unpaired) electrons. The van der Waals surface area contributed by atoms with E-state index in [1.165, 1.54) is 204 Å². The van der Waals surface area contributed by atoms with Crippen molar-refractivity contribution in [3.05, 3.63) is 448 Å². The fourth-order valence-corrected chi connectivity index (χ4v) is 18.3. The Morgan fingerprint density at radius 3 is 0.696 bits per heavy atom. The third-order valence-electron chi connectivity index (χ3n) is 23.5. The Hall–Kier alpha value is -15.0. The van der Waals surface area contributed by atoms with E-state index in [-0.39, 0.29) is 0 Å². The monoisotopic (exact) mass is 1460 g/mol. The summed E-state index contributed by atoms with van der Waals surface area (Å²) in [7, 11) is 0. The van der Waals surface area contributed by atoms with Crippen LogP contribution >= 0.6 is 0 Å². The summed E-state index contributed by atoms with van der Waals surface area (Å²) < 4.78 is 4.86. The van der Waals surface area contributed by atoms with E-state index in [0.717, 1.165) is 11.4 Å². The van der Waals surface area contributed by atoms with Gasteiger partial charge in [0, 0.05) is 32.9 Å². The summed E-state index contributed by atoms with van der Waals surface area (Å²) in [5.41, 5.74) is 33.0. The minimum absolute atomic E-state index is 1.13. The Balaban J connectivity index is 0.000000147. The zero-order valence-electron chi connectivity index (χ0n) is 63.5. The Kier molecular flexibility index (Phi) is 17.2. The highest BCUT2D eigenvalue weighted by Crippen LogP contribution is 2.49.